The Hall–Kier alpha value is -4.28. The molecule has 0 spiro atoms. The second-order valence-corrected chi connectivity index (χ2v) is 30.8. The molecule has 0 radical (unpaired) electrons. The van der Waals surface area contributed by atoms with Crippen LogP contribution in [0.5, 0.6) is 46.0 Å². The molecule has 576 valence electrons. The fourth-order valence-corrected chi connectivity index (χ4v) is 18.3. The van der Waals surface area contributed by atoms with Gasteiger partial charge >= 0.3 is 0 Å². The van der Waals surface area contributed by atoms with Gasteiger partial charge in [0.1, 0.15) is 144 Å². The van der Waals surface area contributed by atoms with E-state index in [1.54, 1.807) is 0 Å². The zero-order chi connectivity index (χ0) is 73.7. The summed E-state index contributed by atoms with van der Waals surface area (Å²) >= 11 is 5.14. The lowest BCUT2D eigenvalue weighted by Crippen LogP contribution is -2.59. The Bertz CT molecular complexity index is 3070. The van der Waals surface area contributed by atoms with Gasteiger partial charge in [0.25, 0.3) is 0 Å². The molecule has 32 nitrogen and oxygen atoms in total. The summed E-state index contributed by atoms with van der Waals surface area (Å²) in [6, 6.07) is 8.13. The molecule has 0 aromatic heterocycles. The molecule has 13 rings (SSSR count). The number of ether oxygens (including phenoxy) is 16. The highest BCUT2D eigenvalue weighted by Gasteiger charge is 2.49. The van der Waals surface area contributed by atoms with Gasteiger partial charge in [-0.25, -0.2) is 0 Å². The fraction of sp³-hybridized carbons (Fsp3) is 0.647. The van der Waals surface area contributed by atoms with Gasteiger partial charge in [0.2, 0.25) is 27.2 Å². The Labute approximate surface area is 613 Å². The molecule has 4 saturated heterocycles. The van der Waals surface area contributed by atoms with Gasteiger partial charge in [-0.05, 0) is 24.3 Å². The summed E-state index contributed by atoms with van der Waals surface area (Å²) < 4.78 is 102. The highest BCUT2D eigenvalue weighted by Crippen LogP contribution is 2.60. The lowest BCUT2D eigenvalue weighted by Gasteiger charge is -2.39. The lowest BCUT2D eigenvalue weighted by molar-refractivity contribution is -0.299. The number of rotatable bonds is 24. The normalized spacial score (nSPS) is 34.7. The van der Waals surface area contributed by atoms with E-state index in [2.05, 4.69) is 0 Å². The van der Waals surface area contributed by atoms with Crippen LogP contribution in [0.15, 0.2) is 43.8 Å². The van der Waals surface area contributed by atoms with Crippen molar-refractivity contribution in [2.75, 3.05) is 103 Å². The number of hydrogen-bond acceptors (Lipinski definition) is 36. The fourth-order valence-electron chi connectivity index (χ4n) is 14.3. The van der Waals surface area contributed by atoms with Crippen LogP contribution in [0.3, 0.4) is 0 Å². The second kappa shape index (κ2) is 33.5. The first-order chi connectivity index (χ1) is 50.1. The summed E-state index contributed by atoms with van der Waals surface area (Å²) in [4.78, 5) is 2.01. The predicted octanol–water partition coefficient (Wildman–Crippen LogP) is -0.844. The Balaban J connectivity index is 0.955. The summed E-state index contributed by atoms with van der Waals surface area (Å²) in [7, 11) is 0. The lowest BCUT2D eigenvalue weighted by atomic mass is 9.80. The van der Waals surface area contributed by atoms with Crippen LogP contribution in [-0.2, 0) is 37.9 Å². The molecule has 16 N–H and O–H groups in total. The SMILES string of the molecule is CC1c2cc3c4c(SCCO[C@@H]5O[C@H](CO)[C@H](O)[C@H](O)[C@H]5O)c2OCOc2c1cc1c(c2SCCO[C@@H]2O[C@H](CO)[C@H](O)[C@H](O)[C@H]2O)OCOc2c(cc5c(c2SCCO[C@@H]2O[C@H](CO)[C@H](O)[C@H](O)[C@H]2O)OCOc2c(cc(c(c2SCCO[C@@H]2O[C@H](CO)[C@H](O)[C@H](O)[C@H]2O)OCO4)C3C)C5C)C1C. The Morgan fingerprint density at radius 2 is 0.452 bits per heavy atom. The standard InChI is InChI=1S/C68H88O32S4/c1-25-29-13-31-26(2)33-15-35-28(4)36-16-34-27(3)32-14-30(25)54-62(102-10-6-86-66-50(82)46(78)42(74)38(18-70)98-66)56(32)92-23-94-58(34)64(104-12-8-88-68-52(84)48(80)44(76)40(20-72)100-68)60(36)96-24-95-59(35)63(103-11-7-87-67-51(83)47(79)43(75)39(19-71)99-67)57(33)93-22-91-55(31)61(53(29)89-21-90-54)101-9-5-85-65-49(81)45(77)41(73)37(17-69)97-65/h13-16,25-28,37-52,65-84H,5-12,17-24H2,1-4H3/t25?,26?,27?,28?,37-,38-,39-,40-,41+,42+,43+,44+,45+,46+,47+,48+,49-,50-,51-,52-,65-,66-,67-,68-/m1/s1. The largest absolute Gasteiger partial charge is 0.456 e. The van der Waals surface area contributed by atoms with E-state index < -0.39 is 200 Å². The van der Waals surface area contributed by atoms with E-state index in [1.165, 1.54) is 47.0 Å². The molecule has 1 aliphatic carbocycles. The summed E-state index contributed by atoms with van der Waals surface area (Å²) in [5, 5.41) is 169. The molecule has 4 aromatic carbocycles. The van der Waals surface area contributed by atoms with Crippen molar-refractivity contribution in [3.63, 3.8) is 0 Å². The van der Waals surface area contributed by atoms with Crippen molar-refractivity contribution >= 4 is 47.0 Å². The molecule has 8 heterocycles. The van der Waals surface area contributed by atoms with E-state index in [1.807, 2.05) is 52.0 Å². The van der Waals surface area contributed by atoms with Crippen molar-refractivity contribution in [1.82, 2.24) is 0 Å². The second-order valence-electron chi connectivity index (χ2n) is 26.3. The quantitative estimate of drug-likeness (QED) is 0.0300. The van der Waals surface area contributed by atoms with E-state index in [0.717, 1.165) is 0 Å². The minimum Gasteiger partial charge on any atom is -0.456 e. The average Bonchev–Trinajstić information content (AvgIpc) is 0.724. The first-order valence-corrected chi connectivity index (χ1v) is 38.1. The van der Waals surface area contributed by atoms with Gasteiger partial charge < -0.3 is 157 Å². The number of thioether (sulfide) groups is 4. The topological polar surface area (TPSA) is 471 Å². The van der Waals surface area contributed by atoms with Crippen LogP contribution in [0, 0.1) is 0 Å². The van der Waals surface area contributed by atoms with Crippen LogP contribution >= 0.6 is 47.0 Å². The maximum Gasteiger partial charge on any atom is 0.231 e. The van der Waals surface area contributed by atoms with Crippen molar-refractivity contribution < 1.29 is 157 Å². The molecule has 0 amide bonds. The number of aliphatic hydroxyl groups excluding tert-OH is 16. The molecular weight excluding hydrogens is 1460 g/mol. The first kappa shape index (κ1) is 77.9. The van der Waals surface area contributed by atoms with Crippen molar-refractivity contribution in [2.45, 2.75) is 194 Å². The smallest absolute Gasteiger partial charge is 0.231 e. The maximum absolute atomic E-state index is 11.0. The van der Waals surface area contributed by atoms with Crippen LogP contribution in [-0.4, -0.2) is 308 Å². The molecule has 0 saturated carbocycles. The zero-order valence-corrected chi connectivity index (χ0v) is 60.1. The molecule has 9 aliphatic rings. The van der Waals surface area contributed by atoms with Crippen LogP contribution < -0.4 is 37.9 Å². The van der Waals surface area contributed by atoms with E-state index in [-0.39, 0.29) is 49.4 Å². The molecule has 20 atom stereocenters. The van der Waals surface area contributed by atoms with Gasteiger partial charge in [-0.2, -0.15) is 0 Å². The van der Waals surface area contributed by atoms with E-state index >= 15 is 0 Å². The molecule has 36 heteroatoms. The minimum absolute atomic E-state index is 0.112. The third kappa shape index (κ3) is 14.9. The van der Waals surface area contributed by atoms with Crippen LogP contribution in [0.25, 0.3) is 0 Å². The molecule has 8 bridgehead atoms. The van der Waals surface area contributed by atoms with E-state index in [0.29, 0.717) is 110 Å². The van der Waals surface area contributed by atoms with Gasteiger partial charge in [-0.3, -0.25) is 0 Å². The average molecular weight is 1550 g/mol. The highest BCUT2D eigenvalue weighted by atomic mass is 32.2. The van der Waals surface area contributed by atoms with Crippen LogP contribution in [0.4, 0.5) is 0 Å². The molecule has 4 aromatic rings. The Morgan fingerprint density at radius 1 is 0.279 bits per heavy atom. The monoisotopic (exact) mass is 1540 g/mol. The number of aliphatic hydroxyl groups is 16. The molecule has 4 fully saturated rings. The van der Waals surface area contributed by atoms with Crippen molar-refractivity contribution in [3.05, 3.63) is 68.8 Å². The van der Waals surface area contributed by atoms with Crippen molar-refractivity contribution in [3.8, 4) is 46.0 Å². The van der Waals surface area contributed by atoms with Gasteiger partial charge in [-0.15, -0.1) is 47.0 Å². The van der Waals surface area contributed by atoms with Gasteiger partial charge in [0.15, 0.2) is 25.2 Å². The number of hydrogen-bond donors (Lipinski definition) is 16. The predicted molar refractivity (Wildman–Crippen MR) is 362 cm³/mol. The van der Waals surface area contributed by atoms with Crippen LogP contribution in [0.1, 0.15) is 95.9 Å². The van der Waals surface area contributed by atoms with E-state index in [9.17, 15) is 81.7 Å². The third-order valence-corrected chi connectivity index (χ3v) is 24.3. The molecule has 0 unspecified atom stereocenters. The summed E-state index contributed by atoms with van der Waals surface area (Å²) in [6.45, 7) is 3.32. The maximum atomic E-state index is 11.0. The minimum atomic E-state index is -1.69. The molecule has 8 aliphatic heterocycles. The van der Waals surface area contributed by atoms with Crippen LogP contribution in [0.2, 0.25) is 0 Å². The Morgan fingerprint density at radius 3 is 0.615 bits per heavy atom. The zero-order valence-electron chi connectivity index (χ0n) is 56.8. The third-order valence-electron chi connectivity index (χ3n) is 20.2. The summed E-state index contributed by atoms with van der Waals surface area (Å²) in [6.07, 6.45) is -30.5. The first-order valence-electron chi connectivity index (χ1n) is 34.2. The highest BCUT2D eigenvalue weighted by molar-refractivity contribution is 8.00. The molecular formula is C68H88O32S4. The van der Waals surface area contributed by atoms with E-state index in [4.69, 9.17) is 75.8 Å². The summed E-state index contributed by atoms with van der Waals surface area (Å²) in [5.74, 6) is 1.07. The molecule has 104 heavy (non-hydrogen) atoms. The number of benzene rings is 4. The Kier molecular flexibility index (Phi) is 25.1. The summed E-state index contributed by atoms with van der Waals surface area (Å²) in [5.41, 5.74) is 5.43. The van der Waals surface area contributed by atoms with Crippen molar-refractivity contribution in [1.29, 1.82) is 0 Å². The van der Waals surface area contributed by atoms with Gasteiger partial charge in [0, 0.05) is 91.2 Å². The van der Waals surface area contributed by atoms with Crippen molar-refractivity contribution in [2.24, 2.45) is 0 Å². The van der Waals surface area contributed by atoms with Gasteiger partial charge in [-0.1, -0.05) is 27.7 Å². The van der Waals surface area contributed by atoms with Gasteiger partial charge in [0.05, 0.1) is 72.4 Å².